The van der Waals surface area contributed by atoms with Crippen LogP contribution in [0.2, 0.25) is 0 Å². The van der Waals surface area contributed by atoms with Crippen LogP contribution in [0.25, 0.3) is 0 Å². The van der Waals surface area contributed by atoms with Gasteiger partial charge in [0.2, 0.25) is 0 Å². The van der Waals surface area contributed by atoms with Crippen LogP contribution in [-0.2, 0) is 4.74 Å². The van der Waals surface area contributed by atoms with E-state index in [2.05, 4.69) is 37.5 Å². The van der Waals surface area contributed by atoms with E-state index in [-0.39, 0.29) is 0 Å². The zero-order valence-corrected chi connectivity index (χ0v) is 15.9. The van der Waals surface area contributed by atoms with E-state index in [0.29, 0.717) is 16.9 Å². The first kappa shape index (κ1) is 17.7. The monoisotopic (exact) mass is 322 g/mol. The minimum Gasteiger partial charge on any atom is -0.378 e. The predicted octanol–water partition coefficient (Wildman–Crippen LogP) is 3.78. The topological polar surface area (TPSA) is 15.7 Å². The van der Waals surface area contributed by atoms with Crippen LogP contribution in [0.5, 0.6) is 0 Å². The highest BCUT2D eigenvalue weighted by atomic mass is 16.5. The van der Waals surface area contributed by atoms with Crippen molar-refractivity contribution < 1.29 is 4.74 Å². The van der Waals surface area contributed by atoms with Gasteiger partial charge in [0.15, 0.2) is 0 Å². The van der Waals surface area contributed by atoms with Gasteiger partial charge in [-0.3, -0.25) is 0 Å². The quantitative estimate of drug-likeness (QED) is 0.740. The molecule has 23 heavy (non-hydrogen) atoms. The van der Waals surface area contributed by atoms with Gasteiger partial charge in [-0.25, -0.2) is 0 Å². The van der Waals surface area contributed by atoms with Crippen molar-refractivity contribution in [3.8, 4) is 0 Å². The Balaban J connectivity index is 1.42. The van der Waals surface area contributed by atoms with Gasteiger partial charge in [0.1, 0.15) is 0 Å². The summed E-state index contributed by atoms with van der Waals surface area (Å²) in [5.41, 5.74) is 1.18. The lowest BCUT2D eigenvalue weighted by Gasteiger charge is -2.48. The fraction of sp³-hybridized carbons (Fsp3) is 1.00. The van der Waals surface area contributed by atoms with Crippen LogP contribution in [0.15, 0.2) is 0 Å². The molecule has 0 aromatic heterocycles. The molecule has 2 saturated heterocycles. The van der Waals surface area contributed by atoms with E-state index in [1.54, 1.807) is 0 Å². The first-order valence-electron chi connectivity index (χ1n) is 10.0. The third-order valence-electron chi connectivity index (χ3n) is 6.74. The molecule has 0 atom stereocenters. The Bertz CT molecular complexity index is 371. The van der Waals surface area contributed by atoms with Crippen LogP contribution in [0.3, 0.4) is 0 Å². The van der Waals surface area contributed by atoms with Crippen molar-refractivity contribution in [2.45, 2.75) is 78.4 Å². The lowest BCUT2D eigenvalue weighted by Crippen LogP contribution is -2.49. The maximum atomic E-state index is 5.92. The molecular formula is C20H38N2O. The van der Waals surface area contributed by atoms with Crippen molar-refractivity contribution in [1.29, 1.82) is 0 Å². The number of piperidine rings is 2. The molecule has 3 aliphatic rings. The normalized spacial score (nSPS) is 27.9. The first-order valence-corrected chi connectivity index (χ1v) is 10.0. The van der Waals surface area contributed by atoms with Gasteiger partial charge in [0.25, 0.3) is 0 Å². The largest absolute Gasteiger partial charge is 0.378 e. The molecule has 3 heteroatoms. The highest BCUT2D eigenvalue weighted by Crippen LogP contribution is 2.48. The molecule has 1 spiro atoms. The summed E-state index contributed by atoms with van der Waals surface area (Å²) in [6, 6.07) is 0.725. The van der Waals surface area contributed by atoms with Gasteiger partial charge in [-0.2, -0.15) is 0 Å². The third kappa shape index (κ3) is 4.49. The molecule has 1 aliphatic carbocycles. The zero-order valence-electron chi connectivity index (χ0n) is 15.9. The Hall–Kier alpha value is -0.120. The Morgan fingerprint density at radius 2 is 1.39 bits per heavy atom. The van der Waals surface area contributed by atoms with Crippen molar-refractivity contribution in [2.24, 2.45) is 10.8 Å². The Labute approximate surface area is 143 Å². The van der Waals surface area contributed by atoms with Crippen molar-refractivity contribution in [2.75, 3.05) is 39.3 Å². The molecule has 134 valence electrons. The number of rotatable bonds is 6. The molecule has 0 aromatic carbocycles. The van der Waals surface area contributed by atoms with E-state index in [4.69, 9.17) is 4.74 Å². The molecule has 3 rings (SSSR count). The highest BCUT2D eigenvalue weighted by Gasteiger charge is 2.46. The summed E-state index contributed by atoms with van der Waals surface area (Å²) < 4.78 is 5.92. The number of likely N-dealkylation sites (tertiary alicyclic amines) is 2. The second-order valence-corrected chi connectivity index (χ2v) is 9.27. The minimum atomic E-state index is 0.378. The molecule has 2 aliphatic heterocycles. The molecular weight excluding hydrogens is 284 g/mol. The summed E-state index contributed by atoms with van der Waals surface area (Å²) in [7, 11) is 0. The first-order chi connectivity index (χ1) is 10.9. The van der Waals surface area contributed by atoms with Crippen molar-refractivity contribution in [3.05, 3.63) is 0 Å². The standard InChI is InChI=1S/C20H38N2O/c1-17(2)22-13-9-19(10-14-22)7-11-21(12-8-19)15-20(5-6-20)16-23-18(3)4/h17-18H,5-16H2,1-4H3. The Morgan fingerprint density at radius 1 is 0.826 bits per heavy atom. The number of hydrogen-bond donors (Lipinski definition) is 0. The molecule has 0 aromatic rings. The fourth-order valence-corrected chi connectivity index (χ4v) is 4.54. The molecule has 0 unspecified atom stereocenters. The van der Waals surface area contributed by atoms with Crippen LogP contribution in [0.4, 0.5) is 0 Å². The van der Waals surface area contributed by atoms with Crippen LogP contribution < -0.4 is 0 Å². The average Bonchev–Trinajstić information content (AvgIpc) is 3.29. The van der Waals surface area contributed by atoms with E-state index in [1.165, 1.54) is 71.2 Å². The number of nitrogens with zero attached hydrogens (tertiary/aromatic N) is 2. The highest BCUT2D eigenvalue weighted by molar-refractivity contribution is 4.98. The molecule has 0 radical (unpaired) electrons. The SMILES string of the molecule is CC(C)OCC1(CN2CCC3(CC2)CCN(C(C)C)CC3)CC1. The average molecular weight is 323 g/mol. The van der Waals surface area contributed by atoms with Crippen molar-refractivity contribution in [3.63, 3.8) is 0 Å². The summed E-state index contributed by atoms with van der Waals surface area (Å²) in [5, 5.41) is 0. The second kappa shape index (κ2) is 7.01. The van der Waals surface area contributed by atoms with E-state index in [0.717, 1.165) is 12.6 Å². The number of hydrogen-bond acceptors (Lipinski definition) is 3. The lowest BCUT2D eigenvalue weighted by atomic mass is 9.71. The van der Waals surface area contributed by atoms with Gasteiger partial charge < -0.3 is 14.5 Å². The smallest absolute Gasteiger partial charge is 0.0538 e. The molecule has 0 bridgehead atoms. The van der Waals surface area contributed by atoms with E-state index >= 15 is 0 Å². The summed E-state index contributed by atoms with van der Waals surface area (Å²) in [4.78, 5) is 5.41. The molecule has 1 saturated carbocycles. The summed E-state index contributed by atoms with van der Waals surface area (Å²) in [6.07, 6.45) is 8.86. The van der Waals surface area contributed by atoms with Gasteiger partial charge >= 0.3 is 0 Å². The summed E-state index contributed by atoms with van der Waals surface area (Å²) in [5.74, 6) is 0. The van der Waals surface area contributed by atoms with E-state index in [9.17, 15) is 0 Å². The van der Waals surface area contributed by atoms with E-state index < -0.39 is 0 Å². The van der Waals surface area contributed by atoms with Crippen molar-refractivity contribution >= 4 is 0 Å². The molecule has 3 nitrogen and oxygen atoms in total. The van der Waals surface area contributed by atoms with E-state index in [1.807, 2.05) is 0 Å². The predicted molar refractivity (Wildman–Crippen MR) is 96.8 cm³/mol. The van der Waals surface area contributed by atoms with Crippen molar-refractivity contribution in [1.82, 2.24) is 9.80 Å². The van der Waals surface area contributed by atoms with Crippen LogP contribution in [0, 0.1) is 10.8 Å². The molecule has 0 N–H and O–H groups in total. The summed E-state index contributed by atoms with van der Waals surface area (Å²) in [6.45, 7) is 16.6. The lowest BCUT2D eigenvalue weighted by molar-refractivity contribution is 0.000830. The molecule has 0 amide bonds. The minimum absolute atomic E-state index is 0.378. The molecule has 3 fully saturated rings. The zero-order chi connectivity index (χ0) is 16.5. The van der Waals surface area contributed by atoms with Crippen LogP contribution >= 0.6 is 0 Å². The maximum absolute atomic E-state index is 5.92. The second-order valence-electron chi connectivity index (χ2n) is 9.27. The summed E-state index contributed by atoms with van der Waals surface area (Å²) >= 11 is 0. The Kier molecular flexibility index (Phi) is 5.40. The maximum Gasteiger partial charge on any atom is 0.0538 e. The van der Waals surface area contributed by atoms with Gasteiger partial charge in [0, 0.05) is 18.0 Å². The van der Waals surface area contributed by atoms with Gasteiger partial charge in [-0.15, -0.1) is 0 Å². The Morgan fingerprint density at radius 3 is 1.87 bits per heavy atom. The fourth-order valence-electron chi connectivity index (χ4n) is 4.54. The van der Waals surface area contributed by atoms with Crippen LogP contribution in [0.1, 0.15) is 66.2 Å². The third-order valence-corrected chi connectivity index (χ3v) is 6.74. The molecule has 2 heterocycles. The van der Waals surface area contributed by atoms with Gasteiger partial charge in [0.05, 0.1) is 12.7 Å². The van der Waals surface area contributed by atoms with Crippen LogP contribution in [-0.4, -0.2) is 61.3 Å². The van der Waals surface area contributed by atoms with Gasteiger partial charge in [-0.1, -0.05) is 0 Å². The number of ether oxygens (including phenoxy) is 1. The van der Waals surface area contributed by atoms with Gasteiger partial charge in [-0.05, 0) is 97.8 Å².